The van der Waals surface area contributed by atoms with E-state index in [0.29, 0.717) is 24.9 Å². The van der Waals surface area contributed by atoms with Crippen molar-refractivity contribution < 1.29 is 9.26 Å². The number of rotatable bonds is 5. The van der Waals surface area contributed by atoms with Crippen LogP contribution in [0.15, 0.2) is 29.0 Å². The maximum Gasteiger partial charge on any atom is 0.259 e. The zero-order valence-electron chi connectivity index (χ0n) is 9.54. The number of pyridine rings is 1. The average Bonchev–Trinajstić information content (AvgIpc) is 2.86. The van der Waals surface area contributed by atoms with Gasteiger partial charge in [-0.05, 0) is 19.1 Å². The Kier molecular flexibility index (Phi) is 3.79. The van der Waals surface area contributed by atoms with Crippen LogP contribution in [0.25, 0.3) is 11.5 Å². The third-order valence-electron chi connectivity index (χ3n) is 2.18. The standard InChI is InChI=1S/C11H14N4O2/c1-2-16-7-9(12)10-14-11(17-15-10)8-4-3-5-13-6-8/h3-6,9H,2,7,12H2,1H3. The Morgan fingerprint density at radius 2 is 2.41 bits per heavy atom. The van der Waals surface area contributed by atoms with E-state index in [2.05, 4.69) is 15.1 Å². The Morgan fingerprint density at radius 3 is 3.12 bits per heavy atom. The number of nitrogens with two attached hydrogens (primary N) is 1. The summed E-state index contributed by atoms with van der Waals surface area (Å²) in [5.74, 6) is 0.859. The highest BCUT2D eigenvalue weighted by atomic mass is 16.5. The fourth-order valence-electron chi connectivity index (χ4n) is 1.31. The second kappa shape index (κ2) is 5.51. The number of nitrogens with zero attached hydrogens (tertiary/aromatic N) is 3. The highest BCUT2D eigenvalue weighted by Gasteiger charge is 2.15. The van der Waals surface area contributed by atoms with Crippen molar-refractivity contribution in [3.8, 4) is 11.5 Å². The van der Waals surface area contributed by atoms with Crippen LogP contribution in [0.4, 0.5) is 0 Å². The zero-order valence-corrected chi connectivity index (χ0v) is 9.54. The molecule has 0 aliphatic heterocycles. The first kappa shape index (κ1) is 11.7. The van der Waals surface area contributed by atoms with Gasteiger partial charge < -0.3 is 15.0 Å². The molecule has 0 bridgehead atoms. The fourth-order valence-corrected chi connectivity index (χ4v) is 1.31. The van der Waals surface area contributed by atoms with Gasteiger partial charge in [0.15, 0.2) is 5.82 Å². The Labute approximate surface area is 98.8 Å². The first-order valence-corrected chi connectivity index (χ1v) is 5.38. The molecule has 2 aromatic heterocycles. The maximum atomic E-state index is 5.85. The Bertz CT molecular complexity index is 458. The normalized spacial score (nSPS) is 12.6. The quantitative estimate of drug-likeness (QED) is 0.835. The molecule has 0 spiro atoms. The first-order chi connectivity index (χ1) is 8.31. The van der Waals surface area contributed by atoms with E-state index in [1.54, 1.807) is 18.5 Å². The third-order valence-corrected chi connectivity index (χ3v) is 2.18. The second-order valence-corrected chi connectivity index (χ2v) is 3.47. The first-order valence-electron chi connectivity index (χ1n) is 5.38. The molecule has 17 heavy (non-hydrogen) atoms. The van der Waals surface area contributed by atoms with Crippen LogP contribution in [0.1, 0.15) is 18.8 Å². The molecule has 0 aliphatic carbocycles. The smallest absolute Gasteiger partial charge is 0.259 e. The van der Waals surface area contributed by atoms with E-state index in [1.807, 2.05) is 13.0 Å². The molecule has 6 nitrogen and oxygen atoms in total. The summed E-state index contributed by atoms with van der Waals surface area (Å²) in [6, 6.07) is 3.28. The summed E-state index contributed by atoms with van der Waals surface area (Å²) in [6.45, 7) is 2.90. The molecule has 6 heteroatoms. The van der Waals surface area contributed by atoms with Crippen molar-refractivity contribution in [3.05, 3.63) is 30.4 Å². The van der Waals surface area contributed by atoms with E-state index >= 15 is 0 Å². The van der Waals surface area contributed by atoms with Crippen LogP contribution in [0.5, 0.6) is 0 Å². The van der Waals surface area contributed by atoms with Crippen LogP contribution in [0.2, 0.25) is 0 Å². The molecule has 2 heterocycles. The van der Waals surface area contributed by atoms with Gasteiger partial charge in [0.05, 0.1) is 18.2 Å². The van der Waals surface area contributed by atoms with Crippen LogP contribution in [-0.2, 0) is 4.74 Å². The van der Waals surface area contributed by atoms with Gasteiger partial charge in [0.1, 0.15) is 0 Å². The van der Waals surface area contributed by atoms with Crippen LogP contribution in [0, 0.1) is 0 Å². The van der Waals surface area contributed by atoms with Gasteiger partial charge >= 0.3 is 0 Å². The molecule has 0 radical (unpaired) electrons. The molecule has 0 saturated carbocycles. The summed E-state index contributed by atoms with van der Waals surface area (Å²) in [6.07, 6.45) is 3.34. The molecule has 2 N–H and O–H groups in total. The van der Waals surface area contributed by atoms with Crippen molar-refractivity contribution in [1.29, 1.82) is 0 Å². The minimum absolute atomic E-state index is 0.371. The molecule has 0 saturated heterocycles. The van der Waals surface area contributed by atoms with Crippen LogP contribution in [0.3, 0.4) is 0 Å². The van der Waals surface area contributed by atoms with E-state index < -0.39 is 0 Å². The lowest BCUT2D eigenvalue weighted by Crippen LogP contribution is -2.18. The molecule has 90 valence electrons. The molecule has 2 aromatic rings. The van der Waals surface area contributed by atoms with E-state index in [-0.39, 0.29) is 6.04 Å². The van der Waals surface area contributed by atoms with Crippen LogP contribution in [-0.4, -0.2) is 28.3 Å². The van der Waals surface area contributed by atoms with Crippen molar-refractivity contribution in [1.82, 2.24) is 15.1 Å². The number of hydrogen-bond acceptors (Lipinski definition) is 6. The Morgan fingerprint density at radius 1 is 1.53 bits per heavy atom. The summed E-state index contributed by atoms with van der Waals surface area (Å²) < 4.78 is 10.3. The van der Waals surface area contributed by atoms with Gasteiger partial charge in [0.2, 0.25) is 0 Å². The Balaban J connectivity index is 2.11. The topological polar surface area (TPSA) is 87.1 Å². The fraction of sp³-hybridized carbons (Fsp3) is 0.364. The van der Waals surface area contributed by atoms with Crippen molar-refractivity contribution in [3.63, 3.8) is 0 Å². The number of hydrogen-bond donors (Lipinski definition) is 1. The van der Waals surface area contributed by atoms with Gasteiger partial charge in [0.25, 0.3) is 5.89 Å². The molecule has 1 atom stereocenters. The van der Waals surface area contributed by atoms with E-state index in [1.165, 1.54) is 0 Å². The summed E-state index contributed by atoms with van der Waals surface area (Å²) in [7, 11) is 0. The van der Waals surface area contributed by atoms with Crippen LogP contribution >= 0.6 is 0 Å². The lowest BCUT2D eigenvalue weighted by Gasteiger charge is -2.05. The SMILES string of the molecule is CCOCC(N)c1noc(-c2cccnc2)n1. The summed E-state index contributed by atoms with van der Waals surface area (Å²) in [5, 5.41) is 3.83. The monoisotopic (exact) mass is 234 g/mol. The number of aromatic nitrogens is 3. The minimum atomic E-state index is -0.371. The lowest BCUT2D eigenvalue weighted by molar-refractivity contribution is 0.130. The molecule has 0 fully saturated rings. The van der Waals surface area contributed by atoms with Gasteiger partial charge in [-0.2, -0.15) is 4.98 Å². The van der Waals surface area contributed by atoms with E-state index in [0.717, 1.165) is 5.56 Å². The molecular weight excluding hydrogens is 220 g/mol. The van der Waals surface area contributed by atoms with E-state index in [4.69, 9.17) is 15.0 Å². The van der Waals surface area contributed by atoms with Crippen molar-refractivity contribution >= 4 is 0 Å². The molecule has 1 unspecified atom stereocenters. The highest BCUT2D eigenvalue weighted by Crippen LogP contribution is 2.17. The van der Waals surface area contributed by atoms with Gasteiger partial charge in [-0.25, -0.2) is 0 Å². The Hall–Kier alpha value is -1.79. The second-order valence-electron chi connectivity index (χ2n) is 3.47. The molecule has 2 rings (SSSR count). The summed E-state index contributed by atoms with van der Waals surface area (Å²) in [5.41, 5.74) is 6.62. The third kappa shape index (κ3) is 2.86. The predicted octanol–water partition coefficient (Wildman–Crippen LogP) is 1.17. The van der Waals surface area contributed by atoms with Gasteiger partial charge in [0, 0.05) is 19.0 Å². The van der Waals surface area contributed by atoms with Crippen LogP contribution < -0.4 is 5.73 Å². The minimum Gasteiger partial charge on any atom is -0.380 e. The van der Waals surface area contributed by atoms with Gasteiger partial charge in [-0.3, -0.25) is 4.98 Å². The molecule has 0 aromatic carbocycles. The maximum absolute atomic E-state index is 5.85. The predicted molar refractivity (Wildman–Crippen MR) is 61.0 cm³/mol. The lowest BCUT2D eigenvalue weighted by atomic mass is 10.3. The average molecular weight is 234 g/mol. The van der Waals surface area contributed by atoms with Crippen molar-refractivity contribution in [2.45, 2.75) is 13.0 Å². The van der Waals surface area contributed by atoms with Gasteiger partial charge in [-0.1, -0.05) is 5.16 Å². The molecule has 0 amide bonds. The summed E-state index contributed by atoms with van der Waals surface area (Å²) >= 11 is 0. The number of ether oxygens (including phenoxy) is 1. The highest BCUT2D eigenvalue weighted by molar-refractivity contribution is 5.50. The summed E-state index contributed by atoms with van der Waals surface area (Å²) in [4.78, 5) is 8.19. The van der Waals surface area contributed by atoms with Gasteiger partial charge in [-0.15, -0.1) is 0 Å². The zero-order chi connectivity index (χ0) is 12.1. The van der Waals surface area contributed by atoms with Crippen molar-refractivity contribution in [2.24, 2.45) is 5.73 Å². The largest absolute Gasteiger partial charge is 0.380 e. The van der Waals surface area contributed by atoms with Crippen molar-refractivity contribution in [2.75, 3.05) is 13.2 Å². The molecular formula is C11H14N4O2. The van der Waals surface area contributed by atoms with E-state index in [9.17, 15) is 0 Å². The molecule has 0 aliphatic rings.